The van der Waals surface area contributed by atoms with E-state index < -0.39 is 0 Å². The highest BCUT2D eigenvalue weighted by Crippen LogP contribution is 2.38. The number of hydrogen-bond acceptors (Lipinski definition) is 2. The SMILES string of the molecule is CCCC(CCCC(C)(C)C)Oc1cc(OC(CCC)CCCC(C)C)c2ccccc2c1C. The van der Waals surface area contributed by atoms with Crippen LogP contribution < -0.4 is 9.47 Å². The lowest BCUT2D eigenvalue weighted by molar-refractivity contribution is 0.162. The molecule has 2 nitrogen and oxygen atoms in total. The minimum atomic E-state index is 0.262. The minimum absolute atomic E-state index is 0.262. The zero-order valence-corrected chi connectivity index (χ0v) is 23.5. The van der Waals surface area contributed by atoms with Crippen LogP contribution >= 0.6 is 0 Å². The molecule has 2 aromatic carbocycles. The van der Waals surface area contributed by atoms with Crippen molar-refractivity contribution in [2.45, 2.75) is 132 Å². The number of ether oxygens (including phenoxy) is 2. The van der Waals surface area contributed by atoms with Crippen LogP contribution in [0.2, 0.25) is 0 Å². The van der Waals surface area contributed by atoms with Gasteiger partial charge >= 0.3 is 0 Å². The Morgan fingerprint density at radius 2 is 1.29 bits per heavy atom. The first-order chi connectivity index (χ1) is 16.1. The van der Waals surface area contributed by atoms with E-state index in [1.165, 1.54) is 42.0 Å². The second-order valence-corrected chi connectivity index (χ2v) is 11.9. The monoisotopic (exact) mass is 468 g/mol. The number of hydrogen-bond donors (Lipinski definition) is 0. The molecule has 2 unspecified atom stereocenters. The molecule has 192 valence electrons. The Hall–Kier alpha value is -1.70. The van der Waals surface area contributed by atoms with Gasteiger partial charge in [0.05, 0.1) is 12.2 Å². The summed E-state index contributed by atoms with van der Waals surface area (Å²) >= 11 is 0. The van der Waals surface area contributed by atoms with E-state index in [2.05, 4.69) is 85.7 Å². The smallest absolute Gasteiger partial charge is 0.131 e. The highest BCUT2D eigenvalue weighted by Gasteiger charge is 2.19. The van der Waals surface area contributed by atoms with Crippen LogP contribution in [0.3, 0.4) is 0 Å². The van der Waals surface area contributed by atoms with Crippen LogP contribution in [0.4, 0.5) is 0 Å². The summed E-state index contributed by atoms with van der Waals surface area (Å²) in [6.07, 6.45) is 12.2. The fourth-order valence-corrected chi connectivity index (χ4v) is 4.82. The Kier molecular flexibility index (Phi) is 11.8. The van der Waals surface area contributed by atoms with Gasteiger partial charge in [0.2, 0.25) is 0 Å². The van der Waals surface area contributed by atoms with Crippen molar-refractivity contribution in [2.75, 3.05) is 0 Å². The Labute approximate surface area is 210 Å². The van der Waals surface area contributed by atoms with Gasteiger partial charge in [0, 0.05) is 11.5 Å². The van der Waals surface area contributed by atoms with Gasteiger partial charge in [0.1, 0.15) is 11.5 Å². The number of benzene rings is 2. The predicted octanol–water partition coefficient (Wildman–Crippen LogP) is 10.3. The summed E-state index contributed by atoms with van der Waals surface area (Å²) < 4.78 is 13.5. The second kappa shape index (κ2) is 14.0. The fraction of sp³-hybridized carbons (Fsp3) is 0.688. The van der Waals surface area contributed by atoms with Crippen LogP contribution in [-0.2, 0) is 0 Å². The van der Waals surface area contributed by atoms with Gasteiger partial charge in [-0.1, -0.05) is 92.0 Å². The van der Waals surface area contributed by atoms with E-state index in [9.17, 15) is 0 Å². The van der Waals surface area contributed by atoms with Crippen LogP contribution in [0, 0.1) is 18.3 Å². The molecule has 0 heterocycles. The summed E-state index contributed by atoms with van der Waals surface area (Å²) in [7, 11) is 0. The van der Waals surface area contributed by atoms with Crippen molar-refractivity contribution < 1.29 is 9.47 Å². The molecule has 0 saturated heterocycles. The average molecular weight is 469 g/mol. The van der Waals surface area contributed by atoms with Crippen LogP contribution in [0.5, 0.6) is 11.5 Å². The number of fused-ring (bicyclic) bond motifs is 1. The number of rotatable bonds is 15. The minimum Gasteiger partial charge on any atom is -0.490 e. The van der Waals surface area contributed by atoms with Gasteiger partial charge in [-0.15, -0.1) is 0 Å². The highest BCUT2D eigenvalue weighted by molar-refractivity contribution is 5.92. The molecular formula is C32H52O2. The largest absolute Gasteiger partial charge is 0.490 e. The molecule has 0 aliphatic heterocycles. The van der Waals surface area contributed by atoms with Gasteiger partial charge in [0.25, 0.3) is 0 Å². The lowest BCUT2D eigenvalue weighted by Gasteiger charge is -2.25. The van der Waals surface area contributed by atoms with Crippen LogP contribution in [0.25, 0.3) is 10.8 Å². The van der Waals surface area contributed by atoms with E-state index in [0.29, 0.717) is 5.41 Å². The summed E-state index contributed by atoms with van der Waals surface area (Å²) in [6, 6.07) is 10.9. The molecule has 0 spiro atoms. The number of aryl methyl sites for hydroxylation is 1. The maximum absolute atomic E-state index is 6.73. The van der Waals surface area contributed by atoms with E-state index in [4.69, 9.17) is 9.47 Å². The molecular weight excluding hydrogens is 416 g/mol. The molecule has 0 aliphatic carbocycles. The molecule has 0 amide bonds. The molecule has 2 atom stereocenters. The summed E-state index contributed by atoms with van der Waals surface area (Å²) in [5.74, 6) is 2.74. The summed E-state index contributed by atoms with van der Waals surface area (Å²) in [6.45, 7) is 18.3. The van der Waals surface area contributed by atoms with Crippen LogP contribution in [0.15, 0.2) is 30.3 Å². The molecule has 0 saturated carbocycles. The fourth-order valence-electron chi connectivity index (χ4n) is 4.82. The Morgan fingerprint density at radius 1 is 0.735 bits per heavy atom. The summed E-state index contributed by atoms with van der Waals surface area (Å²) in [4.78, 5) is 0. The maximum atomic E-state index is 6.73. The van der Waals surface area contributed by atoms with E-state index in [-0.39, 0.29) is 12.2 Å². The second-order valence-electron chi connectivity index (χ2n) is 11.9. The van der Waals surface area contributed by atoms with E-state index in [0.717, 1.165) is 55.9 Å². The summed E-state index contributed by atoms with van der Waals surface area (Å²) in [5.41, 5.74) is 1.60. The third-order valence-electron chi connectivity index (χ3n) is 6.80. The summed E-state index contributed by atoms with van der Waals surface area (Å²) in [5, 5.41) is 2.45. The first-order valence-corrected chi connectivity index (χ1v) is 14.0. The maximum Gasteiger partial charge on any atom is 0.131 e. The van der Waals surface area contributed by atoms with Crippen LogP contribution in [-0.4, -0.2) is 12.2 Å². The van der Waals surface area contributed by atoms with Gasteiger partial charge in [-0.3, -0.25) is 0 Å². The standard InChI is InChI=1S/C32H52O2/c1-9-15-26(18-13-17-24(3)4)34-31-23-30(25(5)28-20-11-12-21-29(28)31)33-27(16-10-2)19-14-22-32(6,7)8/h11-12,20-21,23-24,26-27H,9-10,13-19,22H2,1-8H3. The third-order valence-corrected chi connectivity index (χ3v) is 6.80. The molecule has 2 rings (SSSR count). The first-order valence-electron chi connectivity index (χ1n) is 14.0. The molecule has 0 aromatic heterocycles. The van der Waals surface area contributed by atoms with Gasteiger partial charge in [-0.25, -0.2) is 0 Å². The highest BCUT2D eigenvalue weighted by atomic mass is 16.5. The van der Waals surface area contributed by atoms with E-state index >= 15 is 0 Å². The zero-order valence-electron chi connectivity index (χ0n) is 23.5. The first kappa shape index (κ1) is 28.5. The Balaban J connectivity index is 2.28. The quantitative estimate of drug-likeness (QED) is 0.259. The van der Waals surface area contributed by atoms with Gasteiger partial charge in [-0.2, -0.15) is 0 Å². The molecule has 0 radical (unpaired) electrons. The molecule has 2 heteroatoms. The molecule has 0 bridgehead atoms. The molecule has 34 heavy (non-hydrogen) atoms. The third kappa shape index (κ3) is 9.51. The lowest BCUT2D eigenvalue weighted by Crippen LogP contribution is -2.19. The molecule has 0 N–H and O–H groups in total. The molecule has 2 aromatic rings. The van der Waals surface area contributed by atoms with Gasteiger partial charge in [0.15, 0.2) is 0 Å². The van der Waals surface area contributed by atoms with Crippen molar-refractivity contribution in [3.63, 3.8) is 0 Å². The lowest BCUT2D eigenvalue weighted by atomic mass is 9.89. The van der Waals surface area contributed by atoms with Crippen molar-refractivity contribution in [1.82, 2.24) is 0 Å². The topological polar surface area (TPSA) is 18.5 Å². The Bertz CT molecular complexity index is 846. The van der Waals surface area contributed by atoms with Gasteiger partial charge < -0.3 is 9.47 Å². The van der Waals surface area contributed by atoms with Crippen LogP contribution in [0.1, 0.15) is 118 Å². The van der Waals surface area contributed by atoms with Crippen molar-refractivity contribution in [3.05, 3.63) is 35.9 Å². The molecule has 0 aliphatic rings. The Morgan fingerprint density at radius 3 is 1.85 bits per heavy atom. The van der Waals surface area contributed by atoms with Crippen molar-refractivity contribution in [1.29, 1.82) is 0 Å². The normalized spacial score (nSPS) is 13.9. The van der Waals surface area contributed by atoms with Crippen molar-refractivity contribution >= 4 is 10.8 Å². The van der Waals surface area contributed by atoms with E-state index in [1.54, 1.807) is 0 Å². The van der Waals surface area contributed by atoms with Crippen molar-refractivity contribution in [3.8, 4) is 11.5 Å². The average Bonchev–Trinajstić information content (AvgIpc) is 2.76. The van der Waals surface area contributed by atoms with Gasteiger partial charge in [-0.05, 0) is 74.2 Å². The molecule has 0 fully saturated rings. The van der Waals surface area contributed by atoms with Crippen molar-refractivity contribution in [2.24, 2.45) is 11.3 Å². The predicted molar refractivity (Wildman–Crippen MR) is 149 cm³/mol. The van der Waals surface area contributed by atoms with E-state index in [1.807, 2.05) is 0 Å². The zero-order chi connectivity index (χ0) is 25.1.